The molecule has 2 aliphatic rings. The summed E-state index contributed by atoms with van der Waals surface area (Å²) in [7, 11) is 1.33. The number of benzene rings is 3. The maximum absolute atomic E-state index is 13.4. The number of amides is 7. The summed E-state index contributed by atoms with van der Waals surface area (Å²) in [6.45, 7) is 6.70. The molecule has 20 heteroatoms. The van der Waals surface area contributed by atoms with Gasteiger partial charge in [0.05, 0.1) is 11.7 Å². The van der Waals surface area contributed by atoms with Crippen LogP contribution in [-0.4, -0.2) is 113 Å². The maximum atomic E-state index is 13.4. The maximum Gasteiger partial charge on any atom is 0.336 e. The minimum absolute atomic E-state index is 0.113. The predicted molar refractivity (Wildman–Crippen MR) is 227 cm³/mol. The van der Waals surface area contributed by atoms with E-state index in [1.54, 1.807) is 6.07 Å². The highest BCUT2D eigenvalue weighted by molar-refractivity contribution is 6.09. The Labute approximate surface area is 360 Å². The van der Waals surface area contributed by atoms with Gasteiger partial charge in [0, 0.05) is 54.7 Å². The molecule has 0 spiro atoms. The standard InChI is InChI=1S/C43H51N7O13/c1-20(37(55)47-22(3)39(57)50-36(23(4)51)42(60)44-6)46-38(56)21(2)48-41(59)32(49-24(5)52)9-7-8-16-45-40(58)25-10-13-28(43(61)62)31(17-25)35-29-14-11-26(53)18-33(29)63-34-19-27(54)12-15-30(34)35/h10-15,17-23,32,36,51,53H,7-9,16H2,1-6H3,(H,44,60)(H,45,58)(H,46,56)(H,47,55)(H,48,59)(H,49,52)(H,50,57)(H,61,62)/t20-,21-,22-,23+,32-,36-/m1/s1. The van der Waals surface area contributed by atoms with E-state index in [-0.39, 0.29) is 52.2 Å². The molecule has 336 valence electrons. The summed E-state index contributed by atoms with van der Waals surface area (Å²) >= 11 is 0. The molecule has 10 N–H and O–H groups in total. The van der Waals surface area contributed by atoms with Gasteiger partial charge in [-0.3, -0.25) is 38.4 Å². The minimum Gasteiger partial charge on any atom is -0.508 e. The van der Waals surface area contributed by atoms with Gasteiger partial charge in [-0.15, -0.1) is 0 Å². The van der Waals surface area contributed by atoms with Gasteiger partial charge in [-0.1, -0.05) is 0 Å². The SMILES string of the molecule is CNC(=O)[C@H](NC(=O)[C@@H](C)NC(=O)[C@@H](C)NC(=O)[C@@H](C)NC(=O)[C@@H](CCCCNC(=O)c1ccc(C(=O)O)c(-c2c3ccc(=O)cc-3oc3cc(O)ccc23)c1)NC(C)=O)[C@H](C)O. The zero-order valence-corrected chi connectivity index (χ0v) is 35.4. The normalized spacial score (nSPS) is 13.9. The number of unbranched alkanes of at least 4 members (excludes halogenated alkanes) is 1. The first-order chi connectivity index (χ1) is 29.7. The Balaban J connectivity index is 1.34. The summed E-state index contributed by atoms with van der Waals surface area (Å²) < 4.78 is 5.87. The second-order valence-electron chi connectivity index (χ2n) is 14.9. The summed E-state index contributed by atoms with van der Waals surface area (Å²) in [6, 6.07) is 6.54. The number of carboxylic acid groups (broad SMARTS) is 1. The van der Waals surface area contributed by atoms with Crippen LogP contribution in [0.4, 0.5) is 0 Å². The summed E-state index contributed by atoms with van der Waals surface area (Å²) in [5, 5.41) is 47.8. The number of carbonyl (C=O) groups excluding carboxylic acids is 7. The van der Waals surface area contributed by atoms with Crippen molar-refractivity contribution in [2.45, 2.75) is 90.2 Å². The fraction of sp³-hybridized carbons (Fsp3) is 0.372. The molecule has 20 nitrogen and oxygen atoms in total. The average Bonchev–Trinajstić information content (AvgIpc) is 3.22. The lowest BCUT2D eigenvalue weighted by Crippen LogP contribution is -2.58. The van der Waals surface area contributed by atoms with E-state index in [0.29, 0.717) is 29.4 Å². The van der Waals surface area contributed by atoms with E-state index in [2.05, 4.69) is 37.2 Å². The van der Waals surface area contributed by atoms with Crippen LogP contribution in [-0.2, 0) is 28.8 Å². The van der Waals surface area contributed by atoms with Crippen LogP contribution in [0.1, 0.15) is 74.6 Å². The summed E-state index contributed by atoms with van der Waals surface area (Å²) in [4.78, 5) is 113. The number of hydrogen-bond acceptors (Lipinski definition) is 12. The topological polar surface area (TPSA) is 312 Å². The molecule has 1 heterocycles. The number of phenolic OH excluding ortho intramolecular Hbond substituents is 1. The van der Waals surface area contributed by atoms with Crippen molar-refractivity contribution in [3.63, 3.8) is 0 Å². The Morgan fingerprint density at radius 1 is 0.698 bits per heavy atom. The van der Waals surface area contributed by atoms with Gasteiger partial charge in [0.2, 0.25) is 35.4 Å². The predicted octanol–water partition coefficient (Wildman–Crippen LogP) is 0.499. The lowest BCUT2D eigenvalue weighted by atomic mass is 9.89. The molecule has 6 atom stereocenters. The van der Waals surface area contributed by atoms with Gasteiger partial charge in [-0.05, 0) is 95.0 Å². The number of aromatic carboxylic acids is 1. The van der Waals surface area contributed by atoms with E-state index >= 15 is 0 Å². The van der Waals surface area contributed by atoms with Crippen LogP contribution in [0.15, 0.2) is 63.8 Å². The molecule has 7 amide bonds. The number of hydrogen-bond donors (Lipinski definition) is 10. The van der Waals surface area contributed by atoms with E-state index in [1.165, 1.54) is 90.2 Å². The summed E-state index contributed by atoms with van der Waals surface area (Å²) in [5.74, 6) is -5.91. The molecule has 2 aromatic carbocycles. The number of aliphatic hydroxyl groups excluding tert-OH is 1. The molecular formula is C43H51N7O13. The molecular weight excluding hydrogens is 823 g/mol. The van der Waals surface area contributed by atoms with E-state index in [1.807, 2.05) is 0 Å². The number of nitrogens with one attached hydrogen (secondary N) is 7. The Kier molecular flexibility index (Phi) is 16.4. The molecule has 63 heavy (non-hydrogen) atoms. The summed E-state index contributed by atoms with van der Waals surface area (Å²) in [6.07, 6.45) is -0.443. The van der Waals surface area contributed by atoms with Gasteiger partial charge >= 0.3 is 5.97 Å². The highest BCUT2D eigenvalue weighted by Crippen LogP contribution is 2.42. The van der Waals surface area contributed by atoms with Crippen LogP contribution in [0.25, 0.3) is 33.4 Å². The lowest BCUT2D eigenvalue weighted by Gasteiger charge is -2.24. The number of fused-ring (bicyclic) bond motifs is 2. The van der Waals surface area contributed by atoms with Crippen molar-refractivity contribution in [2.75, 3.05) is 13.6 Å². The van der Waals surface area contributed by atoms with Crippen molar-refractivity contribution in [3.8, 4) is 28.2 Å². The highest BCUT2D eigenvalue weighted by Gasteiger charge is 2.30. The first kappa shape index (κ1) is 48.3. The summed E-state index contributed by atoms with van der Waals surface area (Å²) in [5.41, 5.74) is 0.748. The molecule has 0 bridgehead atoms. The third-order valence-electron chi connectivity index (χ3n) is 9.92. The van der Waals surface area contributed by atoms with Crippen LogP contribution < -0.4 is 42.6 Å². The smallest absolute Gasteiger partial charge is 0.336 e. The van der Waals surface area contributed by atoms with E-state index in [4.69, 9.17) is 4.42 Å². The van der Waals surface area contributed by atoms with Crippen molar-refractivity contribution in [3.05, 3.63) is 75.9 Å². The van der Waals surface area contributed by atoms with Gasteiger partial charge in [0.25, 0.3) is 5.91 Å². The molecule has 0 radical (unpaired) electrons. The molecule has 0 saturated heterocycles. The van der Waals surface area contributed by atoms with Crippen LogP contribution >= 0.6 is 0 Å². The van der Waals surface area contributed by atoms with E-state index in [9.17, 15) is 58.5 Å². The fourth-order valence-corrected chi connectivity index (χ4v) is 6.55. The number of likely N-dealkylation sites (N-methyl/N-ethyl adjacent to an activating group) is 1. The Morgan fingerprint density at radius 2 is 1.32 bits per heavy atom. The van der Waals surface area contributed by atoms with Crippen LogP contribution in [0.3, 0.4) is 0 Å². The van der Waals surface area contributed by atoms with Crippen molar-refractivity contribution < 1.29 is 58.1 Å². The van der Waals surface area contributed by atoms with Gasteiger partial charge in [0.1, 0.15) is 47.3 Å². The zero-order valence-electron chi connectivity index (χ0n) is 35.4. The second kappa shape index (κ2) is 21.4. The van der Waals surface area contributed by atoms with Crippen molar-refractivity contribution >= 4 is 58.3 Å². The van der Waals surface area contributed by atoms with Gasteiger partial charge in [-0.2, -0.15) is 0 Å². The number of aromatic hydroxyl groups is 1. The van der Waals surface area contributed by atoms with Crippen LogP contribution in [0.2, 0.25) is 0 Å². The molecule has 0 fully saturated rings. The number of carboxylic acids is 1. The van der Waals surface area contributed by atoms with Crippen molar-refractivity contribution in [1.82, 2.24) is 37.2 Å². The first-order valence-electron chi connectivity index (χ1n) is 20.0. The first-order valence-corrected chi connectivity index (χ1v) is 20.0. The molecule has 4 rings (SSSR count). The fourth-order valence-electron chi connectivity index (χ4n) is 6.55. The zero-order chi connectivity index (χ0) is 46.7. The lowest BCUT2D eigenvalue weighted by molar-refractivity contribution is -0.135. The number of rotatable bonds is 19. The average molecular weight is 874 g/mol. The molecule has 1 aliphatic heterocycles. The quantitative estimate of drug-likeness (QED) is 0.0454. The monoisotopic (exact) mass is 873 g/mol. The third-order valence-corrected chi connectivity index (χ3v) is 9.92. The Hall–Kier alpha value is -7.35. The number of aliphatic hydroxyl groups is 1. The van der Waals surface area contributed by atoms with Gasteiger partial charge in [-0.25, -0.2) is 4.79 Å². The second-order valence-corrected chi connectivity index (χ2v) is 14.9. The Morgan fingerprint density at radius 3 is 1.90 bits per heavy atom. The van der Waals surface area contributed by atoms with Gasteiger partial charge < -0.3 is 57.0 Å². The Bertz CT molecular complexity index is 2430. The van der Waals surface area contributed by atoms with E-state index in [0.717, 1.165) is 0 Å². The van der Waals surface area contributed by atoms with Crippen LogP contribution in [0, 0.1) is 0 Å². The molecule has 0 unspecified atom stereocenters. The molecule has 2 aromatic rings. The number of carbonyl (C=O) groups is 8. The van der Waals surface area contributed by atoms with Crippen molar-refractivity contribution in [1.29, 1.82) is 0 Å². The van der Waals surface area contributed by atoms with E-state index < -0.39 is 83.6 Å². The largest absolute Gasteiger partial charge is 0.508 e. The minimum atomic E-state index is -1.27. The van der Waals surface area contributed by atoms with Crippen LogP contribution in [0.5, 0.6) is 5.75 Å². The van der Waals surface area contributed by atoms with Crippen molar-refractivity contribution in [2.24, 2.45) is 0 Å². The molecule has 0 aromatic heterocycles. The third kappa shape index (κ3) is 12.6. The highest BCUT2D eigenvalue weighted by atomic mass is 16.4. The van der Waals surface area contributed by atoms with Gasteiger partial charge in [0.15, 0.2) is 5.43 Å². The number of phenols is 1. The molecule has 1 aliphatic carbocycles. The molecule has 0 saturated carbocycles.